The van der Waals surface area contributed by atoms with Crippen LogP contribution < -0.4 is 5.73 Å². The Morgan fingerprint density at radius 3 is 2.22 bits per heavy atom. The number of β-amino-alcohol motifs (C(OH)–C–C–N with tert-alkyl or cyclic N) is 2. The van der Waals surface area contributed by atoms with E-state index in [4.69, 9.17) is 5.73 Å². The first-order valence-electron chi connectivity index (χ1n) is 12.5. The molecule has 2 aromatic rings. The van der Waals surface area contributed by atoms with Crippen LogP contribution in [-0.4, -0.2) is 76.0 Å². The van der Waals surface area contributed by atoms with E-state index in [1.165, 1.54) is 4.90 Å². The molecule has 2 amide bonds. The van der Waals surface area contributed by atoms with Gasteiger partial charge in [0.05, 0.1) is 17.9 Å². The van der Waals surface area contributed by atoms with Crippen molar-refractivity contribution < 1.29 is 19.8 Å². The van der Waals surface area contributed by atoms with E-state index in [0.717, 1.165) is 29.5 Å². The Morgan fingerprint density at radius 2 is 1.61 bits per heavy atom. The molecule has 0 saturated carbocycles. The number of amides is 2. The molecule has 0 aliphatic carbocycles. The van der Waals surface area contributed by atoms with Crippen molar-refractivity contribution in [2.24, 2.45) is 10.7 Å². The van der Waals surface area contributed by atoms with Gasteiger partial charge in [0.2, 0.25) is 5.91 Å². The minimum Gasteiger partial charge on any atom is -0.388 e. The molecule has 1 fully saturated rings. The molecule has 2 heterocycles. The van der Waals surface area contributed by atoms with Crippen LogP contribution in [0.3, 0.4) is 0 Å². The molecular formula is C28H34N4O4. The van der Waals surface area contributed by atoms with Crippen LogP contribution in [0.2, 0.25) is 0 Å². The number of likely N-dealkylation sites (tertiary alicyclic amines) is 1. The van der Waals surface area contributed by atoms with Crippen molar-refractivity contribution in [3.05, 3.63) is 59.2 Å². The third kappa shape index (κ3) is 5.50. The number of fused-ring (bicyclic) bond motifs is 1. The molecule has 8 nitrogen and oxygen atoms in total. The summed E-state index contributed by atoms with van der Waals surface area (Å²) in [6, 6.07) is 13.0. The van der Waals surface area contributed by atoms with Crippen molar-refractivity contribution in [2.75, 3.05) is 26.2 Å². The number of benzene rings is 2. The predicted molar refractivity (Wildman–Crippen MR) is 141 cm³/mol. The summed E-state index contributed by atoms with van der Waals surface area (Å²) in [5.74, 6) is 0.181. The molecule has 2 atom stereocenters. The molecule has 4 rings (SSSR count). The van der Waals surface area contributed by atoms with E-state index in [1.54, 1.807) is 12.1 Å². The molecule has 2 aromatic carbocycles. The van der Waals surface area contributed by atoms with Gasteiger partial charge in [0, 0.05) is 49.3 Å². The van der Waals surface area contributed by atoms with Crippen LogP contribution in [0.1, 0.15) is 49.0 Å². The Kier molecular flexibility index (Phi) is 7.86. The van der Waals surface area contributed by atoms with E-state index in [-0.39, 0.29) is 24.9 Å². The van der Waals surface area contributed by atoms with Gasteiger partial charge < -0.3 is 25.7 Å². The van der Waals surface area contributed by atoms with E-state index in [2.05, 4.69) is 18.8 Å². The van der Waals surface area contributed by atoms with E-state index < -0.39 is 12.2 Å². The minimum atomic E-state index is -0.910. The first-order chi connectivity index (χ1) is 17.3. The molecule has 0 bridgehead atoms. The second kappa shape index (κ2) is 11.1. The molecular weight excluding hydrogens is 456 g/mol. The number of nitrogens with two attached hydrogens (primary N) is 1. The summed E-state index contributed by atoms with van der Waals surface area (Å²) in [6.07, 6.45) is 2.18. The zero-order valence-electron chi connectivity index (χ0n) is 20.9. The largest absolute Gasteiger partial charge is 0.388 e. The first kappa shape index (κ1) is 25.6. The SMILES string of the molecule is CCCN(CCC)C(=O)C1=Cc2ccc(-c3ccc(C(=O)N4CC(O)C(O)C4)cc3)cc2N=C(N)C1. The van der Waals surface area contributed by atoms with Crippen molar-refractivity contribution in [1.29, 1.82) is 0 Å². The fourth-order valence-electron chi connectivity index (χ4n) is 4.69. The summed E-state index contributed by atoms with van der Waals surface area (Å²) in [5.41, 5.74) is 10.7. The quantitative estimate of drug-likeness (QED) is 0.551. The molecule has 0 radical (unpaired) electrons. The van der Waals surface area contributed by atoms with E-state index in [9.17, 15) is 19.8 Å². The van der Waals surface area contributed by atoms with Gasteiger partial charge in [-0.25, -0.2) is 4.99 Å². The minimum absolute atomic E-state index is 0.00655. The molecule has 0 spiro atoms. The summed E-state index contributed by atoms with van der Waals surface area (Å²) in [7, 11) is 0. The maximum atomic E-state index is 13.2. The van der Waals surface area contributed by atoms with Crippen LogP contribution in [-0.2, 0) is 4.79 Å². The fraction of sp³-hybridized carbons (Fsp3) is 0.393. The molecule has 190 valence electrons. The highest BCUT2D eigenvalue weighted by atomic mass is 16.3. The molecule has 0 aromatic heterocycles. The van der Waals surface area contributed by atoms with Crippen molar-refractivity contribution in [2.45, 2.75) is 45.3 Å². The summed E-state index contributed by atoms with van der Waals surface area (Å²) in [4.78, 5) is 33.8. The predicted octanol–water partition coefficient (Wildman–Crippen LogP) is 2.96. The molecule has 2 aliphatic rings. The Balaban J connectivity index is 1.56. The summed E-state index contributed by atoms with van der Waals surface area (Å²) in [5, 5.41) is 19.5. The number of amidine groups is 1. The number of carbonyl (C=O) groups excluding carboxylic acids is 2. The number of aliphatic hydroxyl groups is 2. The van der Waals surface area contributed by atoms with Crippen LogP contribution >= 0.6 is 0 Å². The van der Waals surface area contributed by atoms with Crippen LogP contribution in [0.5, 0.6) is 0 Å². The van der Waals surface area contributed by atoms with Gasteiger partial charge in [-0.1, -0.05) is 38.1 Å². The number of rotatable bonds is 7. The highest BCUT2D eigenvalue weighted by Crippen LogP contribution is 2.32. The van der Waals surface area contributed by atoms with Gasteiger partial charge in [-0.3, -0.25) is 9.59 Å². The molecule has 2 unspecified atom stereocenters. The highest BCUT2D eigenvalue weighted by molar-refractivity contribution is 6.05. The highest BCUT2D eigenvalue weighted by Gasteiger charge is 2.32. The second-order valence-electron chi connectivity index (χ2n) is 9.44. The van der Waals surface area contributed by atoms with Crippen molar-refractivity contribution in [3.63, 3.8) is 0 Å². The lowest BCUT2D eigenvalue weighted by Crippen LogP contribution is -2.34. The van der Waals surface area contributed by atoms with E-state index in [0.29, 0.717) is 42.2 Å². The number of hydrogen-bond donors (Lipinski definition) is 3. The van der Waals surface area contributed by atoms with Crippen LogP contribution in [0.15, 0.2) is 53.0 Å². The topological polar surface area (TPSA) is 119 Å². The molecule has 36 heavy (non-hydrogen) atoms. The van der Waals surface area contributed by atoms with Gasteiger partial charge in [0.1, 0.15) is 5.84 Å². The normalized spacial score (nSPS) is 19.3. The third-order valence-electron chi connectivity index (χ3n) is 6.56. The average molecular weight is 491 g/mol. The van der Waals surface area contributed by atoms with Crippen LogP contribution in [0.4, 0.5) is 5.69 Å². The zero-order valence-corrected chi connectivity index (χ0v) is 20.9. The standard InChI is InChI=1S/C28H34N4O4/c1-3-11-31(12-4-2)28(36)22-13-21-10-9-20(14-23(21)30-26(29)15-22)18-5-7-19(8-6-18)27(35)32-16-24(33)25(34)17-32/h5-10,13-14,24-25,33-34H,3-4,11-12,15-17H2,1-2H3,(H2,29,30). The number of aliphatic hydroxyl groups excluding tert-OH is 2. The maximum absolute atomic E-state index is 13.2. The molecule has 1 saturated heterocycles. The van der Waals surface area contributed by atoms with Crippen LogP contribution in [0.25, 0.3) is 17.2 Å². The van der Waals surface area contributed by atoms with Crippen molar-refractivity contribution in [3.8, 4) is 11.1 Å². The van der Waals surface area contributed by atoms with Crippen molar-refractivity contribution in [1.82, 2.24) is 9.80 Å². The fourth-order valence-corrected chi connectivity index (χ4v) is 4.69. The number of nitrogens with zero attached hydrogens (tertiary/aromatic N) is 3. The number of carbonyl (C=O) groups is 2. The molecule has 2 aliphatic heterocycles. The lowest BCUT2D eigenvalue weighted by atomic mass is 9.99. The Hall–Kier alpha value is -3.49. The molecule has 4 N–H and O–H groups in total. The van der Waals surface area contributed by atoms with Gasteiger partial charge in [-0.2, -0.15) is 0 Å². The van der Waals surface area contributed by atoms with Gasteiger partial charge in [0.15, 0.2) is 0 Å². The summed E-state index contributed by atoms with van der Waals surface area (Å²) in [6.45, 7) is 5.80. The van der Waals surface area contributed by atoms with Crippen LogP contribution in [0, 0.1) is 0 Å². The van der Waals surface area contributed by atoms with Gasteiger partial charge in [-0.15, -0.1) is 0 Å². The van der Waals surface area contributed by atoms with Gasteiger partial charge >= 0.3 is 0 Å². The Morgan fingerprint density at radius 1 is 1.00 bits per heavy atom. The third-order valence-corrected chi connectivity index (χ3v) is 6.56. The van der Waals surface area contributed by atoms with E-state index in [1.807, 2.05) is 41.3 Å². The summed E-state index contributed by atoms with van der Waals surface area (Å²) >= 11 is 0. The van der Waals surface area contributed by atoms with Gasteiger partial charge in [-0.05, 0) is 48.2 Å². The smallest absolute Gasteiger partial charge is 0.254 e. The maximum Gasteiger partial charge on any atom is 0.254 e. The lowest BCUT2D eigenvalue weighted by Gasteiger charge is -2.22. The monoisotopic (exact) mass is 490 g/mol. The van der Waals surface area contributed by atoms with E-state index >= 15 is 0 Å². The Bertz CT molecular complexity index is 1170. The second-order valence-corrected chi connectivity index (χ2v) is 9.44. The number of aliphatic imine (C=N–C) groups is 1. The van der Waals surface area contributed by atoms with Gasteiger partial charge in [0.25, 0.3) is 5.91 Å². The number of hydrogen-bond acceptors (Lipinski definition) is 6. The zero-order chi connectivity index (χ0) is 25.8. The lowest BCUT2D eigenvalue weighted by molar-refractivity contribution is -0.127. The summed E-state index contributed by atoms with van der Waals surface area (Å²) < 4.78 is 0. The first-order valence-corrected chi connectivity index (χ1v) is 12.5. The van der Waals surface area contributed by atoms with Crippen molar-refractivity contribution >= 4 is 29.4 Å². The Labute approximate surface area is 211 Å². The average Bonchev–Trinajstić information content (AvgIpc) is 3.11. The molecule has 8 heteroatoms.